The van der Waals surface area contributed by atoms with Gasteiger partial charge in [-0.1, -0.05) is 15.9 Å². The molecule has 1 aromatic rings. The van der Waals surface area contributed by atoms with Crippen LogP contribution in [-0.2, 0) is 12.7 Å². The lowest BCUT2D eigenvalue weighted by Crippen LogP contribution is -2.38. The van der Waals surface area contributed by atoms with Gasteiger partial charge in [0, 0.05) is 11.0 Å². The second-order valence-electron chi connectivity index (χ2n) is 5.44. The minimum absolute atomic E-state index is 0.0103. The Balaban J connectivity index is 2.02. The van der Waals surface area contributed by atoms with Crippen molar-refractivity contribution in [1.82, 2.24) is 4.90 Å². The number of likely N-dealkylation sites (tertiary alicyclic amines) is 1. The van der Waals surface area contributed by atoms with Crippen molar-refractivity contribution >= 4 is 15.9 Å². The number of hydrogen-bond donors (Lipinski definition) is 0. The van der Waals surface area contributed by atoms with Gasteiger partial charge in [0.25, 0.3) is 0 Å². The van der Waals surface area contributed by atoms with Crippen molar-refractivity contribution in [3.63, 3.8) is 0 Å². The number of alkyl halides is 6. The van der Waals surface area contributed by atoms with Crippen LogP contribution in [0.25, 0.3) is 0 Å². The first-order chi connectivity index (χ1) is 10.1. The van der Waals surface area contributed by atoms with Gasteiger partial charge in [-0.15, -0.1) is 0 Å². The van der Waals surface area contributed by atoms with Crippen molar-refractivity contribution in [2.45, 2.75) is 31.7 Å². The molecular weight excluding hydrogens is 376 g/mol. The summed E-state index contributed by atoms with van der Waals surface area (Å²) in [4.78, 5) is 1.75. The van der Waals surface area contributed by atoms with E-state index in [0.29, 0.717) is 10.0 Å². The van der Waals surface area contributed by atoms with Crippen molar-refractivity contribution in [2.24, 2.45) is 5.92 Å². The van der Waals surface area contributed by atoms with Crippen molar-refractivity contribution in [1.29, 1.82) is 0 Å². The van der Waals surface area contributed by atoms with Crippen molar-refractivity contribution < 1.29 is 26.3 Å². The molecule has 0 radical (unpaired) electrons. The molecule has 8 heteroatoms. The predicted molar refractivity (Wildman–Crippen MR) is 73.2 cm³/mol. The second-order valence-corrected chi connectivity index (χ2v) is 6.35. The summed E-state index contributed by atoms with van der Waals surface area (Å²) >= 11 is 3.04. The third-order valence-corrected chi connectivity index (χ3v) is 4.20. The molecule has 1 saturated heterocycles. The molecular formula is C14H14BrF6N. The maximum atomic E-state index is 12.7. The molecule has 1 aliphatic heterocycles. The molecule has 1 fully saturated rings. The Morgan fingerprint density at radius 3 is 2.09 bits per heavy atom. The summed E-state index contributed by atoms with van der Waals surface area (Å²) in [5, 5.41) is 0. The first-order valence-electron chi connectivity index (χ1n) is 6.71. The van der Waals surface area contributed by atoms with Gasteiger partial charge in [-0.25, -0.2) is 0 Å². The Morgan fingerprint density at radius 1 is 1.00 bits per heavy atom. The van der Waals surface area contributed by atoms with Crippen molar-refractivity contribution in [2.75, 3.05) is 13.1 Å². The molecule has 1 heterocycles. The molecule has 2 rings (SSSR count). The van der Waals surface area contributed by atoms with E-state index in [-0.39, 0.29) is 32.5 Å². The maximum Gasteiger partial charge on any atom is 0.416 e. The van der Waals surface area contributed by atoms with Crippen LogP contribution < -0.4 is 0 Å². The van der Waals surface area contributed by atoms with Crippen molar-refractivity contribution in [3.8, 4) is 0 Å². The molecule has 0 amide bonds. The molecule has 0 N–H and O–H groups in total. The lowest BCUT2D eigenvalue weighted by atomic mass is 9.96. The quantitative estimate of drug-likeness (QED) is 0.625. The van der Waals surface area contributed by atoms with Gasteiger partial charge >= 0.3 is 12.4 Å². The molecule has 0 saturated carbocycles. The lowest BCUT2D eigenvalue weighted by Gasteiger charge is -2.33. The fourth-order valence-corrected chi connectivity index (χ4v) is 3.12. The smallest absolute Gasteiger partial charge is 0.299 e. The van der Waals surface area contributed by atoms with E-state index in [4.69, 9.17) is 0 Å². The Morgan fingerprint density at radius 2 is 1.59 bits per heavy atom. The first-order valence-corrected chi connectivity index (χ1v) is 7.51. The summed E-state index contributed by atoms with van der Waals surface area (Å²) < 4.78 is 76.3. The number of nitrogens with zero attached hydrogens (tertiary/aromatic N) is 1. The van der Waals surface area contributed by atoms with E-state index in [1.54, 1.807) is 11.0 Å². The highest BCUT2D eigenvalue weighted by atomic mass is 79.9. The van der Waals surface area contributed by atoms with Gasteiger partial charge in [-0.3, -0.25) is 4.90 Å². The highest BCUT2D eigenvalue weighted by Crippen LogP contribution is 2.35. The second kappa shape index (κ2) is 6.39. The highest BCUT2D eigenvalue weighted by Gasteiger charge is 2.41. The monoisotopic (exact) mass is 389 g/mol. The van der Waals surface area contributed by atoms with Crippen LogP contribution in [0, 0.1) is 5.92 Å². The molecule has 1 aliphatic rings. The molecule has 0 bridgehead atoms. The topological polar surface area (TPSA) is 3.24 Å². The van der Waals surface area contributed by atoms with Gasteiger partial charge in [-0.2, -0.15) is 26.3 Å². The fraction of sp³-hybridized carbons (Fsp3) is 0.571. The Hall–Kier alpha value is -0.760. The third kappa shape index (κ3) is 4.62. The fourth-order valence-electron chi connectivity index (χ4n) is 2.58. The summed E-state index contributed by atoms with van der Waals surface area (Å²) in [5.74, 6) is -1.31. The molecule has 0 spiro atoms. The van der Waals surface area contributed by atoms with E-state index >= 15 is 0 Å². The highest BCUT2D eigenvalue weighted by molar-refractivity contribution is 9.10. The Kier molecular flexibility index (Phi) is 5.11. The molecule has 124 valence electrons. The number of hydrogen-bond acceptors (Lipinski definition) is 1. The lowest BCUT2D eigenvalue weighted by molar-refractivity contribution is -0.185. The van der Waals surface area contributed by atoms with E-state index in [2.05, 4.69) is 15.9 Å². The maximum absolute atomic E-state index is 12.7. The average molecular weight is 390 g/mol. The zero-order valence-corrected chi connectivity index (χ0v) is 13.0. The normalized spacial score (nSPS) is 18.7. The first kappa shape index (κ1) is 17.6. The number of benzene rings is 1. The van der Waals surface area contributed by atoms with E-state index in [1.165, 1.54) is 0 Å². The molecule has 0 aromatic heterocycles. The van der Waals surface area contributed by atoms with Crippen LogP contribution in [0.2, 0.25) is 0 Å². The van der Waals surface area contributed by atoms with Crippen LogP contribution in [0.15, 0.2) is 22.7 Å². The zero-order chi connectivity index (χ0) is 16.5. The zero-order valence-electron chi connectivity index (χ0n) is 11.4. The average Bonchev–Trinajstić information content (AvgIpc) is 2.36. The van der Waals surface area contributed by atoms with Gasteiger partial charge in [0.15, 0.2) is 0 Å². The van der Waals surface area contributed by atoms with Crippen LogP contribution in [0.4, 0.5) is 26.3 Å². The number of piperidine rings is 1. The van der Waals surface area contributed by atoms with Crippen LogP contribution in [-0.4, -0.2) is 24.2 Å². The standard InChI is InChI=1S/C14H14BrF6N/c15-12-6-9(5-11(7-12)14(19,20)21)8-22-3-1-10(2-4-22)13(16,17)18/h5-7,10H,1-4,8H2. The summed E-state index contributed by atoms with van der Waals surface area (Å²) in [5.41, 5.74) is -0.325. The van der Waals surface area contributed by atoms with Crippen LogP contribution in [0.3, 0.4) is 0 Å². The Labute approximate surface area is 132 Å². The molecule has 1 nitrogen and oxygen atoms in total. The summed E-state index contributed by atoms with van der Waals surface area (Å²) in [6.45, 7) is 0.684. The largest absolute Gasteiger partial charge is 0.416 e. The molecule has 1 aromatic carbocycles. The third-order valence-electron chi connectivity index (χ3n) is 3.74. The van der Waals surface area contributed by atoms with Crippen LogP contribution in [0.5, 0.6) is 0 Å². The number of rotatable bonds is 2. The van der Waals surface area contributed by atoms with Gasteiger partial charge in [0.2, 0.25) is 0 Å². The predicted octanol–water partition coefficient (Wildman–Crippen LogP) is 5.24. The minimum atomic E-state index is -4.44. The van der Waals surface area contributed by atoms with E-state index in [1.807, 2.05) is 0 Å². The van der Waals surface area contributed by atoms with E-state index in [0.717, 1.165) is 12.1 Å². The van der Waals surface area contributed by atoms with Crippen LogP contribution in [0.1, 0.15) is 24.0 Å². The van der Waals surface area contributed by atoms with Gasteiger partial charge in [-0.05, 0) is 49.7 Å². The molecule has 0 atom stereocenters. The molecule has 0 unspecified atom stereocenters. The van der Waals surface area contributed by atoms with E-state index in [9.17, 15) is 26.3 Å². The SMILES string of the molecule is FC(F)(F)c1cc(Br)cc(CN2CCC(C(F)(F)F)CC2)c1. The van der Waals surface area contributed by atoms with Crippen molar-refractivity contribution in [3.05, 3.63) is 33.8 Å². The number of halogens is 7. The summed E-state index contributed by atoms with van der Waals surface area (Å²) in [6, 6.07) is 3.59. The van der Waals surface area contributed by atoms with E-state index < -0.39 is 23.8 Å². The van der Waals surface area contributed by atoms with Gasteiger partial charge in [0.1, 0.15) is 0 Å². The van der Waals surface area contributed by atoms with Gasteiger partial charge < -0.3 is 0 Å². The summed E-state index contributed by atoms with van der Waals surface area (Å²) in [7, 11) is 0. The van der Waals surface area contributed by atoms with Crippen LogP contribution >= 0.6 is 15.9 Å². The Bertz CT molecular complexity index is 517. The van der Waals surface area contributed by atoms with Gasteiger partial charge in [0.05, 0.1) is 11.5 Å². The minimum Gasteiger partial charge on any atom is -0.299 e. The molecule has 0 aliphatic carbocycles. The molecule has 22 heavy (non-hydrogen) atoms. The summed E-state index contributed by atoms with van der Waals surface area (Å²) in [6.07, 6.45) is -8.65.